The fraction of sp³-hybridized carbons (Fsp3) is 0.583. The second kappa shape index (κ2) is 7.47. The molecule has 6 nitrogen and oxygen atoms in total. The number of carbonyl (C=O) groups is 1. The van der Waals surface area contributed by atoms with Gasteiger partial charge in [-0.2, -0.15) is 0 Å². The van der Waals surface area contributed by atoms with E-state index >= 15 is 0 Å². The van der Waals surface area contributed by atoms with Crippen molar-refractivity contribution in [2.75, 3.05) is 30.3 Å². The van der Waals surface area contributed by atoms with Crippen LogP contribution in [0.2, 0.25) is 0 Å². The Bertz CT molecular complexity index is 394. The molecule has 0 saturated heterocycles. The van der Waals surface area contributed by atoms with Gasteiger partial charge in [-0.05, 0) is 13.3 Å². The normalized spacial score (nSPS) is 9.94. The zero-order chi connectivity index (χ0) is 13.4. The third kappa shape index (κ3) is 4.20. The minimum absolute atomic E-state index is 0.0245. The molecule has 1 aromatic rings. The maximum atomic E-state index is 10.7. The van der Waals surface area contributed by atoms with Gasteiger partial charge in [0.25, 0.3) is 0 Å². The lowest BCUT2D eigenvalue weighted by molar-refractivity contribution is -0.118. The third-order valence-electron chi connectivity index (χ3n) is 2.43. The van der Waals surface area contributed by atoms with E-state index in [4.69, 9.17) is 0 Å². The molecule has 0 fully saturated rings. The molecule has 6 heteroatoms. The molecule has 0 aliphatic carbocycles. The molecule has 0 saturated carbocycles. The van der Waals surface area contributed by atoms with Gasteiger partial charge in [0.05, 0.1) is 0 Å². The molecule has 0 spiro atoms. The van der Waals surface area contributed by atoms with Crippen LogP contribution < -0.4 is 16.0 Å². The number of rotatable bonds is 7. The molecule has 100 valence electrons. The Morgan fingerprint density at radius 2 is 1.83 bits per heavy atom. The summed E-state index contributed by atoms with van der Waals surface area (Å²) in [6, 6.07) is 0. The minimum atomic E-state index is -0.0245. The highest BCUT2D eigenvalue weighted by atomic mass is 16.1. The molecule has 1 aromatic heterocycles. The van der Waals surface area contributed by atoms with Crippen molar-refractivity contribution in [3.05, 3.63) is 11.9 Å². The van der Waals surface area contributed by atoms with Gasteiger partial charge in [-0.1, -0.05) is 6.92 Å². The fourth-order valence-electron chi connectivity index (χ4n) is 1.64. The van der Waals surface area contributed by atoms with Crippen molar-refractivity contribution in [1.82, 2.24) is 15.3 Å². The molecule has 0 aliphatic rings. The summed E-state index contributed by atoms with van der Waals surface area (Å²) in [5, 5.41) is 9.16. The molecule has 1 heterocycles. The van der Waals surface area contributed by atoms with Gasteiger partial charge in [0.15, 0.2) is 0 Å². The quantitative estimate of drug-likeness (QED) is 0.631. The van der Waals surface area contributed by atoms with E-state index in [0.29, 0.717) is 13.1 Å². The first-order valence-electron chi connectivity index (χ1n) is 6.25. The van der Waals surface area contributed by atoms with Gasteiger partial charge in [0.2, 0.25) is 5.91 Å². The number of anilines is 2. The van der Waals surface area contributed by atoms with E-state index in [2.05, 4.69) is 32.8 Å². The van der Waals surface area contributed by atoms with Gasteiger partial charge < -0.3 is 16.0 Å². The van der Waals surface area contributed by atoms with Crippen LogP contribution in [0.3, 0.4) is 0 Å². The van der Waals surface area contributed by atoms with Crippen molar-refractivity contribution in [3.8, 4) is 0 Å². The van der Waals surface area contributed by atoms with E-state index in [1.807, 2.05) is 6.92 Å². The van der Waals surface area contributed by atoms with Crippen LogP contribution in [0.5, 0.6) is 0 Å². The molecule has 0 unspecified atom stereocenters. The highest BCUT2D eigenvalue weighted by Crippen LogP contribution is 2.19. The molecular formula is C12H21N5O. The van der Waals surface area contributed by atoms with Crippen molar-refractivity contribution in [1.29, 1.82) is 0 Å². The van der Waals surface area contributed by atoms with E-state index in [1.54, 1.807) is 0 Å². The van der Waals surface area contributed by atoms with Crippen LogP contribution in [0.4, 0.5) is 11.6 Å². The Labute approximate surface area is 108 Å². The number of hydrogen-bond donors (Lipinski definition) is 3. The van der Waals surface area contributed by atoms with Crippen LogP contribution >= 0.6 is 0 Å². The van der Waals surface area contributed by atoms with Crippen LogP contribution in [0.25, 0.3) is 0 Å². The number of aromatic nitrogens is 2. The molecule has 18 heavy (non-hydrogen) atoms. The van der Waals surface area contributed by atoms with Crippen molar-refractivity contribution < 1.29 is 4.79 Å². The smallest absolute Gasteiger partial charge is 0.216 e. The van der Waals surface area contributed by atoms with E-state index in [0.717, 1.165) is 30.2 Å². The first-order chi connectivity index (χ1) is 8.69. The van der Waals surface area contributed by atoms with Gasteiger partial charge in [0, 0.05) is 32.1 Å². The maximum absolute atomic E-state index is 10.7. The zero-order valence-corrected chi connectivity index (χ0v) is 11.2. The lowest BCUT2D eigenvalue weighted by Crippen LogP contribution is -2.26. The first kappa shape index (κ1) is 14.2. The third-order valence-corrected chi connectivity index (χ3v) is 2.43. The summed E-state index contributed by atoms with van der Waals surface area (Å²) in [7, 11) is 0. The number of hydrogen-bond acceptors (Lipinski definition) is 5. The van der Waals surface area contributed by atoms with Crippen LogP contribution in [-0.2, 0) is 11.2 Å². The maximum Gasteiger partial charge on any atom is 0.216 e. The Hall–Kier alpha value is -1.85. The molecule has 1 rings (SSSR count). The number of carbonyl (C=O) groups excluding carboxylic acids is 1. The second-order valence-corrected chi connectivity index (χ2v) is 3.84. The summed E-state index contributed by atoms with van der Waals surface area (Å²) in [5.74, 6) is 1.68. The van der Waals surface area contributed by atoms with E-state index < -0.39 is 0 Å². The number of nitrogens with zero attached hydrogens (tertiary/aromatic N) is 2. The lowest BCUT2D eigenvalue weighted by Gasteiger charge is -2.13. The predicted octanol–water partition coefficient (Wildman–Crippen LogP) is 1.02. The highest BCUT2D eigenvalue weighted by molar-refractivity contribution is 5.72. The Morgan fingerprint density at radius 1 is 1.17 bits per heavy atom. The van der Waals surface area contributed by atoms with Crippen LogP contribution in [0.1, 0.15) is 26.3 Å². The highest BCUT2D eigenvalue weighted by Gasteiger charge is 2.08. The largest absolute Gasteiger partial charge is 0.370 e. The topological polar surface area (TPSA) is 78.9 Å². The Morgan fingerprint density at radius 3 is 2.39 bits per heavy atom. The summed E-state index contributed by atoms with van der Waals surface area (Å²) < 4.78 is 0. The SMILES string of the molecule is CCNc1ncnc(NCCNC(C)=O)c1CC. The Balaban J connectivity index is 2.63. The molecule has 3 N–H and O–H groups in total. The average Bonchev–Trinajstić information content (AvgIpc) is 2.35. The summed E-state index contributed by atoms with van der Waals surface area (Å²) in [6.45, 7) is 7.67. The molecule has 1 amide bonds. The van der Waals surface area contributed by atoms with Gasteiger partial charge in [-0.25, -0.2) is 9.97 Å². The number of amides is 1. The molecule has 0 bridgehead atoms. The standard InChI is InChI=1S/C12H21N5O/c1-4-10-11(13-5-2)16-8-17-12(10)15-7-6-14-9(3)18/h8H,4-7H2,1-3H3,(H,14,18)(H2,13,15,16,17). The van der Waals surface area contributed by atoms with E-state index in [9.17, 15) is 4.79 Å². The van der Waals surface area contributed by atoms with Gasteiger partial charge in [-0.15, -0.1) is 0 Å². The van der Waals surface area contributed by atoms with Crippen LogP contribution in [0.15, 0.2) is 6.33 Å². The van der Waals surface area contributed by atoms with Gasteiger partial charge in [0.1, 0.15) is 18.0 Å². The zero-order valence-electron chi connectivity index (χ0n) is 11.2. The van der Waals surface area contributed by atoms with Gasteiger partial charge in [-0.3, -0.25) is 4.79 Å². The summed E-state index contributed by atoms with van der Waals surface area (Å²) in [4.78, 5) is 19.2. The number of nitrogens with one attached hydrogen (secondary N) is 3. The summed E-state index contributed by atoms with van der Waals surface area (Å²) in [5.41, 5.74) is 1.07. The molecule has 0 aromatic carbocycles. The lowest BCUT2D eigenvalue weighted by atomic mass is 10.2. The van der Waals surface area contributed by atoms with E-state index in [1.165, 1.54) is 13.3 Å². The first-order valence-corrected chi connectivity index (χ1v) is 6.25. The molecule has 0 radical (unpaired) electrons. The van der Waals surface area contributed by atoms with Crippen molar-refractivity contribution >= 4 is 17.5 Å². The Kier molecular flexibility index (Phi) is 5.90. The van der Waals surface area contributed by atoms with Crippen LogP contribution in [0, 0.1) is 0 Å². The van der Waals surface area contributed by atoms with Crippen molar-refractivity contribution in [3.63, 3.8) is 0 Å². The monoisotopic (exact) mass is 251 g/mol. The molecule has 0 atom stereocenters. The predicted molar refractivity (Wildman–Crippen MR) is 72.7 cm³/mol. The van der Waals surface area contributed by atoms with Crippen molar-refractivity contribution in [2.24, 2.45) is 0 Å². The van der Waals surface area contributed by atoms with E-state index in [-0.39, 0.29) is 5.91 Å². The van der Waals surface area contributed by atoms with Crippen LogP contribution in [-0.4, -0.2) is 35.5 Å². The minimum Gasteiger partial charge on any atom is -0.370 e. The fourth-order valence-corrected chi connectivity index (χ4v) is 1.64. The second-order valence-electron chi connectivity index (χ2n) is 3.84. The molecule has 0 aliphatic heterocycles. The van der Waals surface area contributed by atoms with Crippen molar-refractivity contribution in [2.45, 2.75) is 27.2 Å². The average molecular weight is 251 g/mol. The summed E-state index contributed by atoms with van der Waals surface area (Å²) in [6.07, 6.45) is 2.39. The summed E-state index contributed by atoms with van der Waals surface area (Å²) >= 11 is 0. The van der Waals surface area contributed by atoms with Gasteiger partial charge >= 0.3 is 0 Å². The molecular weight excluding hydrogens is 230 g/mol.